The van der Waals surface area contributed by atoms with Gasteiger partial charge in [0.25, 0.3) is 0 Å². The molecule has 0 aromatic heterocycles. The molecule has 0 atom stereocenters. The standard InChI is InChI=1S/C16H14O6/c1-21-15(19)11-4-2-10(3-5-11)9-22-16(20)13-7-6-12(17)8-14(13)18/h2-8,17-18H,9H2,1H3. The van der Waals surface area contributed by atoms with Crippen LogP contribution in [0.25, 0.3) is 0 Å². The fraction of sp³-hybridized carbons (Fsp3) is 0.125. The Balaban J connectivity index is 2.00. The maximum absolute atomic E-state index is 11.8. The van der Waals surface area contributed by atoms with Gasteiger partial charge < -0.3 is 19.7 Å². The van der Waals surface area contributed by atoms with Crippen molar-refractivity contribution >= 4 is 11.9 Å². The molecule has 0 radical (unpaired) electrons. The van der Waals surface area contributed by atoms with Crippen LogP contribution in [0.1, 0.15) is 26.3 Å². The highest BCUT2D eigenvalue weighted by Gasteiger charge is 2.13. The molecule has 0 heterocycles. The van der Waals surface area contributed by atoms with Crippen molar-refractivity contribution in [3.63, 3.8) is 0 Å². The fourth-order valence-electron chi connectivity index (χ4n) is 1.77. The van der Waals surface area contributed by atoms with Gasteiger partial charge in [0.2, 0.25) is 0 Å². The minimum Gasteiger partial charge on any atom is -0.508 e. The van der Waals surface area contributed by atoms with Crippen LogP contribution in [0.3, 0.4) is 0 Å². The van der Waals surface area contributed by atoms with Gasteiger partial charge in [-0.2, -0.15) is 0 Å². The molecule has 2 rings (SSSR count). The van der Waals surface area contributed by atoms with E-state index in [-0.39, 0.29) is 23.7 Å². The maximum atomic E-state index is 11.8. The molecule has 2 aromatic carbocycles. The third-order valence-electron chi connectivity index (χ3n) is 2.95. The molecule has 6 heteroatoms. The second-order valence-corrected chi connectivity index (χ2v) is 4.47. The lowest BCUT2D eigenvalue weighted by molar-refractivity contribution is 0.0468. The number of carbonyl (C=O) groups excluding carboxylic acids is 2. The van der Waals surface area contributed by atoms with Gasteiger partial charge in [-0.1, -0.05) is 12.1 Å². The van der Waals surface area contributed by atoms with E-state index in [1.54, 1.807) is 24.3 Å². The number of rotatable bonds is 4. The number of benzene rings is 2. The van der Waals surface area contributed by atoms with Gasteiger partial charge in [-0.15, -0.1) is 0 Å². The van der Waals surface area contributed by atoms with Crippen molar-refractivity contribution in [3.05, 3.63) is 59.2 Å². The van der Waals surface area contributed by atoms with E-state index < -0.39 is 11.9 Å². The predicted molar refractivity (Wildman–Crippen MR) is 76.7 cm³/mol. The number of carbonyl (C=O) groups is 2. The molecule has 0 fully saturated rings. The second-order valence-electron chi connectivity index (χ2n) is 4.47. The highest BCUT2D eigenvalue weighted by atomic mass is 16.5. The lowest BCUT2D eigenvalue weighted by atomic mass is 10.1. The minimum atomic E-state index is -0.713. The quantitative estimate of drug-likeness (QED) is 0.841. The van der Waals surface area contributed by atoms with Crippen molar-refractivity contribution in [2.75, 3.05) is 7.11 Å². The molecule has 0 saturated carbocycles. The molecule has 0 aliphatic rings. The first kappa shape index (κ1) is 15.4. The summed E-state index contributed by atoms with van der Waals surface area (Å²) < 4.78 is 9.65. The van der Waals surface area contributed by atoms with Crippen LogP contribution in [-0.4, -0.2) is 29.3 Å². The summed E-state index contributed by atoms with van der Waals surface area (Å²) in [5.74, 6) is -1.66. The van der Waals surface area contributed by atoms with E-state index in [2.05, 4.69) is 4.74 Å². The van der Waals surface area contributed by atoms with Gasteiger partial charge in [0, 0.05) is 6.07 Å². The summed E-state index contributed by atoms with van der Waals surface area (Å²) in [6.07, 6.45) is 0. The van der Waals surface area contributed by atoms with Crippen LogP contribution < -0.4 is 0 Å². The summed E-state index contributed by atoms with van der Waals surface area (Å²) in [7, 11) is 1.29. The zero-order valence-electron chi connectivity index (χ0n) is 11.8. The predicted octanol–water partition coefficient (Wildman–Crippen LogP) is 2.24. The van der Waals surface area contributed by atoms with Crippen LogP contribution in [0.4, 0.5) is 0 Å². The molecule has 2 N–H and O–H groups in total. The van der Waals surface area contributed by atoms with Crippen LogP contribution in [0, 0.1) is 0 Å². The van der Waals surface area contributed by atoms with Crippen LogP contribution in [-0.2, 0) is 16.1 Å². The largest absolute Gasteiger partial charge is 0.508 e. The highest BCUT2D eigenvalue weighted by Crippen LogP contribution is 2.23. The van der Waals surface area contributed by atoms with Crippen molar-refractivity contribution in [3.8, 4) is 11.5 Å². The van der Waals surface area contributed by atoms with E-state index in [0.29, 0.717) is 11.1 Å². The van der Waals surface area contributed by atoms with Gasteiger partial charge in [0.15, 0.2) is 0 Å². The van der Waals surface area contributed by atoms with E-state index in [0.717, 1.165) is 6.07 Å². The second kappa shape index (κ2) is 6.62. The summed E-state index contributed by atoms with van der Waals surface area (Å²) in [5.41, 5.74) is 1.04. The molecule has 0 amide bonds. The molecule has 0 aliphatic heterocycles. The van der Waals surface area contributed by atoms with Crippen LogP contribution in [0.5, 0.6) is 11.5 Å². The van der Waals surface area contributed by atoms with Crippen molar-refractivity contribution in [2.45, 2.75) is 6.61 Å². The smallest absolute Gasteiger partial charge is 0.342 e. The lowest BCUT2D eigenvalue weighted by Gasteiger charge is -2.07. The third kappa shape index (κ3) is 3.54. The summed E-state index contributed by atoms with van der Waals surface area (Å²) in [4.78, 5) is 23.1. The van der Waals surface area contributed by atoms with Crippen LogP contribution >= 0.6 is 0 Å². The molecule has 114 valence electrons. The highest BCUT2D eigenvalue weighted by molar-refractivity contribution is 5.92. The van der Waals surface area contributed by atoms with E-state index in [1.165, 1.54) is 19.2 Å². The average molecular weight is 302 g/mol. The maximum Gasteiger partial charge on any atom is 0.342 e. The number of esters is 2. The van der Waals surface area contributed by atoms with E-state index >= 15 is 0 Å². The average Bonchev–Trinajstić information content (AvgIpc) is 2.52. The molecule has 0 bridgehead atoms. The molecule has 22 heavy (non-hydrogen) atoms. The third-order valence-corrected chi connectivity index (χ3v) is 2.95. The Kier molecular flexibility index (Phi) is 4.63. The SMILES string of the molecule is COC(=O)c1ccc(COC(=O)c2ccc(O)cc2O)cc1. The Bertz CT molecular complexity index is 690. The number of methoxy groups -OCH3 is 1. The number of phenols is 2. The molecule has 0 saturated heterocycles. The molecule has 2 aromatic rings. The van der Waals surface area contributed by atoms with Crippen LogP contribution in [0.15, 0.2) is 42.5 Å². The van der Waals surface area contributed by atoms with Gasteiger partial charge in [-0.3, -0.25) is 0 Å². The topological polar surface area (TPSA) is 93.1 Å². The zero-order chi connectivity index (χ0) is 16.1. The van der Waals surface area contributed by atoms with Crippen molar-refractivity contribution < 1.29 is 29.3 Å². The van der Waals surface area contributed by atoms with Gasteiger partial charge in [0.1, 0.15) is 23.7 Å². The van der Waals surface area contributed by atoms with Crippen LogP contribution in [0.2, 0.25) is 0 Å². The number of aromatic hydroxyl groups is 2. The van der Waals surface area contributed by atoms with Gasteiger partial charge in [-0.25, -0.2) is 9.59 Å². The molecule has 0 aliphatic carbocycles. The van der Waals surface area contributed by atoms with Gasteiger partial charge >= 0.3 is 11.9 Å². The number of ether oxygens (including phenoxy) is 2. The number of phenolic OH excluding ortho intramolecular Hbond substituents is 2. The summed E-state index contributed by atoms with van der Waals surface area (Å²) in [6.45, 7) is -0.0133. The fourth-order valence-corrected chi connectivity index (χ4v) is 1.77. The first-order valence-corrected chi connectivity index (χ1v) is 6.37. The zero-order valence-corrected chi connectivity index (χ0v) is 11.8. The first-order valence-electron chi connectivity index (χ1n) is 6.37. The Morgan fingerprint density at radius 3 is 2.27 bits per heavy atom. The van der Waals surface area contributed by atoms with E-state index in [4.69, 9.17) is 9.84 Å². The van der Waals surface area contributed by atoms with Gasteiger partial charge in [-0.05, 0) is 29.8 Å². The molecule has 0 unspecified atom stereocenters. The Morgan fingerprint density at radius 2 is 1.68 bits per heavy atom. The number of hydrogen-bond acceptors (Lipinski definition) is 6. The minimum absolute atomic E-state index is 0.0133. The molecule has 0 spiro atoms. The first-order chi connectivity index (χ1) is 10.5. The summed E-state index contributed by atoms with van der Waals surface area (Å²) >= 11 is 0. The summed E-state index contributed by atoms with van der Waals surface area (Å²) in [6, 6.07) is 10.0. The Hall–Kier alpha value is -3.02. The summed E-state index contributed by atoms with van der Waals surface area (Å²) in [5, 5.41) is 18.7. The van der Waals surface area contributed by atoms with Crippen molar-refractivity contribution in [2.24, 2.45) is 0 Å². The molecule has 6 nitrogen and oxygen atoms in total. The van der Waals surface area contributed by atoms with E-state index in [9.17, 15) is 14.7 Å². The van der Waals surface area contributed by atoms with Gasteiger partial charge in [0.05, 0.1) is 12.7 Å². The van der Waals surface area contributed by atoms with Crippen molar-refractivity contribution in [1.82, 2.24) is 0 Å². The normalized spacial score (nSPS) is 10.0. The molecular formula is C16H14O6. The molecular weight excluding hydrogens is 288 g/mol. The monoisotopic (exact) mass is 302 g/mol. The van der Waals surface area contributed by atoms with E-state index in [1.807, 2.05) is 0 Å². The Morgan fingerprint density at radius 1 is 1.00 bits per heavy atom. The lowest BCUT2D eigenvalue weighted by Crippen LogP contribution is -2.06. The Labute approximate surface area is 126 Å². The van der Waals surface area contributed by atoms with Crippen molar-refractivity contribution in [1.29, 1.82) is 0 Å². The number of hydrogen-bond donors (Lipinski definition) is 2.